The zero-order chi connectivity index (χ0) is 11.5. The molecule has 1 aromatic rings. The molecule has 0 atom stereocenters. The van der Waals surface area contributed by atoms with E-state index in [4.69, 9.17) is 4.74 Å². The third-order valence-corrected chi connectivity index (χ3v) is 2.39. The molecule has 0 aliphatic heterocycles. The van der Waals surface area contributed by atoms with Crippen LogP contribution in [0.3, 0.4) is 0 Å². The Balaban J connectivity index is 3.00. The smallest absolute Gasteiger partial charge is 0.215 e. The minimum Gasteiger partial charge on any atom is -0.481 e. The number of ether oxygens (including phenoxy) is 1. The van der Waals surface area contributed by atoms with Crippen LogP contribution in [-0.2, 0) is 10.2 Å². The van der Waals surface area contributed by atoms with Crippen LogP contribution in [0.15, 0.2) is 29.3 Å². The SMILES string of the molecule is C/N=C(\OC)c1ccc(C(C)(C)C)cc1. The molecule has 1 rings (SSSR count). The predicted molar refractivity (Wildman–Crippen MR) is 64.6 cm³/mol. The number of hydrogen-bond donors (Lipinski definition) is 0. The lowest BCUT2D eigenvalue weighted by Crippen LogP contribution is -2.11. The third kappa shape index (κ3) is 2.82. The van der Waals surface area contributed by atoms with Crippen LogP contribution in [0.2, 0.25) is 0 Å². The van der Waals surface area contributed by atoms with Gasteiger partial charge in [0.2, 0.25) is 5.90 Å². The molecule has 2 heteroatoms. The number of nitrogens with zero attached hydrogens (tertiary/aromatic N) is 1. The zero-order valence-corrected chi connectivity index (χ0v) is 10.2. The zero-order valence-electron chi connectivity index (χ0n) is 10.2. The molecule has 0 radical (unpaired) electrons. The van der Waals surface area contributed by atoms with Crippen LogP contribution in [0.1, 0.15) is 31.9 Å². The number of benzene rings is 1. The number of hydrogen-bond acceptors (Lipinski definition) is 2. The largest absolute Gasteiger partial charge is 0.481 e. The van der Waals surface area contributed by atoms with E-state index in [0.29, 0.717) is 5.90 Å². The maximum Gasteiger partial charge on any atom is 0.215 e. The minimum atomic E-state index is 0.190. The summed E-state index contributed by atoms with van der Waals surface area (Å²) in [6.45, 7) is 6.60. The van der Waals surface area contributed by atoms with Crippen LogP contribution >= 0.6 is 0 Å². The first-order valence-electron chi connectivity index (χ1n) is 5.10. The summed E-state index contributed by atoms with van der Waals surface area (Å²) in [5.74, 6) is 0.676. The maximum absolute atomic E-state index is 5.16. The van der Waals surface area contributed by atoms with Crippen LogP contribution in [0, 0.1) is 0 Å². The Morgan fingerprint density at radius 2 is 1.67 bits per heavy atom. The summed E-state index contributed by atoms with van der Waals surface area (Å²) in [5.41, 5.74) is 2.53. The van der Waals surface area contributed by atoms with Crippen molar-refractivity contribution in [1.82, 2.24) is 0 Å². The maximum atomic E-state index is 5.16. The third-order valence-electron chi connectivity index (χ3n) is 2.39. The molecule has 0 spiro atoms. The standard InChI is InChI=1S/C13H19NO/c1-13(2,3)11-8-6-10(7-9-11)12(14-4)15-5/h6-9H,1-5H3/b14-12-. The van der Waals surface area contributed by atoms with Crippen molar-refractivity contribution in [2.45, 2.75) is 26.2 Å². The van der Waals surface area contributed by atoms with Crippen molar-refractivity contribution in [3.8, 4) is 0 Å². The van der Waals surface area contributed by atoms with Gasteiger partial charge in [-0.05, 0) is 23.1 Å². The highest BCUT2D eigenvalue weighted by molar-refractivity contribution is 5.93. The van der Waals surface area contributed by atoms with Crippen molar-refractivity contribution in [3.63, 3.8) is 0 Å². The van der Waals surface area contributed by atoms with Gasteiger partial charge in [0.1, 0.15) is 0 Å². The number of aliphatic imine (C=N–C) groups is 1. The Hall–Kier alpha value is -1.31. The number of rotatable bonds is 1. The lowest BCUT2D eigenvalue weighted by atomic mass is 9.87. The molecule has 0 bridgehead atoms. The van der Waals surface area contributed by atoms with E-state index in [0.717, 1.165) is 5.56 Å². The molecule has 15 heavy (non-hydrogen) atoms. The second-order valence-electron chi connectivity index (χ2n) is 4.56. The number of methoxy groups -OCH3 is 1. The van der Waals surface area contributed by atoms with Gasteiger partial charge in [0, 0.05) is 12.6 Å². The van der Waals surface area contributed by atoms with Crippen molar-refractivity contribution in [3.05, 3.63) is 35.4 Å². The molecule has 0 aliphatic carbocycles. The Kier molecular flexibility index (Phi) is 3.51. The highest BCUT2D eigenvalue weighted by Gasteiger charge is 2.13. The molecular formula is C13H19NO. The quantitative estimate of drug-likeness (QED) is 0.510. The Labute approximate surface area is 92.0 Å². The van der Waals surface area contributed by atoms with E-state index in [1.54, 1.807) is 14.2 Å². The van der Waals surface area contributed by atoms with Crippen LogP contribution < -0.4 is 0 Å². The molecule has 0 aromatic heterocycles. The topological polar surface area (TPSA) is 21.6 Å². The molecule has 0 fully saturated rings. The van der Waals surface area contributed by atoms with Crippen molar-refractivity contribution >= 4 is 5.90 Å². The Bertz CT molecular complexity index is 344. The molecule has 0 saturated carbocycles. The van der Waals surface area contributed by atoms with Crippen LogP contribution in [0.4, 0.5) is 0 Å². The highest BCUT2D eigenvalue weighted by Crippen LogP contribution is 2.22. The predicted octanol–water partition coefficient (Wildman–Crippen LogP) is 3.01. The van der Waals surface area contributed by atoms with E-state index >= 15 is 0 Å². The average Bonchev–Trinajstić information content (AvgIpc) is 2.19. The van der Waals surface area contributed by atoms with Crippen LogP contribution in [0.25, 0.3) is 0 Å². The van der Waals surface area contributed by atoms with Crippen molar-refractivity contribution < 1.29 is 4.74 Å². The molecular weight excluding hydrogens is 186 g/mol. The second kappa shape index (κ2) is 4.47. The fourth-order valence-corrected chi connectivity index (χ4v) is 1.45. The van der Waals surface area contributed by atoms with Crippen molar-refractivity contribution in [1.29, 1.82) is 0 Å². The molecule has 0 saturated heterocycles. The Morgan fingerprint density at radius 3 is 2.00 bits per heavy atom. The summed E-state index contributed by atoms with van der Waals surface area (Å²) in [6.07, 6.45) is 0. The Morgan fingerprint density at radius 1 is 1.13 bits per heavy atom. The normalized spacial score (nSPS) is 12.7. The molecule has 2 nitrogen and oxygen atoms in total. The lowest BCUT2D eigenvalue weighted by molar-refractivity contribution is 0.404. The van der Waals surface area contributed by atoms with Gasteiger partial charge in [0.15, 0.2) is 0 Å². The summed E-state index contributed by atoms with van der Waals surface area (Å²) in [5, 5.41) is 0. The minimum absolute atomic E-state index is 0.190. The van der Waals surface area contributed by atoms with E-state index in [1.807, 2.05) is 12.1 Å². The van der Waals surface area contributed by atoms with Crippen molar-refractivity contribution in [2.75, 3.05) is 14.2 Å². The van der Waals surface area contributed by atoms with Gasteiger partial charge in [0.05, 0.1) is 7.11 Å². The van der Waals surface area contributed by atoms with Gasteiger partial charge >= 0.3 is 0 Å². The van der Waals surface area contributed by atoms with Gasteiger partial charge in [-0.3, -0.25) is 4.99 Å². The van der Waals surface area contributed by atoms with E-state index < -0.39 is 0 Å². The first-order chi connectivity index (χ1) is 6.99. The first-order valence-corrected chi connectivity index (χ1v) is 5.10. The molecule has 82 valence electrons. The molecule has 0 N–H and O–H groups in total. The summed E-state index contributed by atoms with van der Waals surface area (Å²) < 4.78 is 5.16. The second-order valence-corrected chi connectivity index (χ2v) is 4.56. The first kappa shape index (κ1) is 11.8. The lowest BCUT2D eigenvalue weighted by Gasteiger charge is -2.19. The van der Waals surface area contributed by atoms with Gasteiger partial charge in [-0.15, -0.1) is 0 Å². The van der Waals surface area contributed by atoms with Gasteiger partial charge in [0.25, 0.3) is 0 Å². The summed E-state index contributed by atoms with van der Waals surface area (Å²) in [6, 6.07) is 8.35. The van der Waals surface area contributed by atoms with E-state index in [2.05, 4.69) is 37.9 Å². The van der Waals surface area contributed by atoms with E-state index in [9.17, 15) is 0 Å². The fourth-order valence-electron chi connectivity index (χ4n) is 1.45. The molecule has 0 heterocycles. The summed E-state index contributed by atoms with van der Waals surface area (Å²) in [4.78, 5) is 4.06. The summed E-state index contributed by atoms with van der Waals surface area (Å²) in [7, 11) is 3.37. The van der Waals surface area contributed by atoms with Crippen LogP contribution in [0.5, 0.6) is 0 Å². The average molecular weight is 205 g/mol. The van der Waals surface area contributed by atoms with Gasteiger partial charge in [-0.2, -0.15) is 0 Å². The van der Waals surface area contributed by atoms with E-state index in [-0.39, 0.29) is 5.41 Å². The van der Waals surface area contributed by atoms with Gasteiger partial charge in [-0.1, -0.05) is 32.9 Å². The van der Waals surface area contributed by atoms with E-state index in [1.165, 1.54) is 5.56 Å². The van der Waals surface area contributed by atoms with Crippen LogP contribution in [-0.4, -0.2) is 20.1 Å². The molecule has 0 unspecified atom stereocenters. The monoisotopic (exact) mass is 205 g/mol. The fraction of sp³-hybridized carbons (Fsp3) is 0.462. The summed E-state index contributed by atoms with van der Waals surface area (Å²) >= 11 is 0. The highest BCUT2D eigenvalue weighted by atomic mass is 16.5. The van der Waals surface area contributed by atoms with Crippen molar-refractivity contribution in [2.24, 2.45) is 4.99 Å². The molecule has 0 aliphatic rings. The molecule has 1 aromatic carbocycles. The molecule has 0 amide bonds. The van der Waals surface area contributed by atoms with Gasteiger partial charge in [-0.25, -0.2) is 0 Å². The van der Waals surface area contributed by atoms with Gasteiger partial charge < -0.3 is 4.74 Å².